The fourth-order valence-corrected chi connectivity index (χ4v) is 3.00. The molecule has 2 N–H and O–H groups in total. The van der Waals surface area contributed by atoms with Crippen molar-refractivity contribution in [2.24, 2.45) is 7.05 Å². The molecule has 2 amide bonds. The van der Waals surface area contributed by atoms with Crippen molar-refractivity contribution in [2.45, 2.75) is 4.90 Å². The third-order valence-electron chi connectivity index (χ3n) is 2.98. The largest absolute Gasteiger partial charge is 0.465 e. The molecule has 0 spiro atoms. The van der Waals surface area contributed by atoms with Crippen LogP contribution in [0, 0.1) is 0 Å². The van der Waals surface area contributed by atoms with Crippen molar-refractivity contribution in [3.05, 3.63) is 47.2 Å². The average molecular weight is 372 g/mol. The molecule has 0 aliphatic rings. The summed E-state index contributed by atoms with van der Waals surface area (Å²) in [6.45, 7) is 0. The van der Waals surface area contributed by atoms with Crippen LogP contribution in [0.25, 0.3) is 0 Å². The van der Waals surface area contributed by atoms with Gasteiger partial charge in [0.2, 0.25) is 0 Å². The molecule has 10 heteroatoms. The quantitative estimate of drug-likeness (QED) is 0.799. The number of benzene rings is 1. The lowest BCUT2D eigenvalue weighted by molar-refractivity contribution is 0.0602. The van der Waals surface area contributed by atoms with Gasteiger partial charge in [-0.2, -0.15) is 0 Å². The van der Waals surface area contributed by atoms with Gasteiger partial charge in [0.25, 0.3) is 10.0 Å². The number of carbonyl (C=O) groups is 2. The van der Waals surface area contributed by atoms with Crippen LogP contribution in [0.3, 0.4) is 0 Å². The van der Waals surface area contributed by atoms with Crippen molar-refractivity contribution in [1.29, 1.82) is 0 Å². The maximum absolute atomic E-state index is 12.1. The van der Waals surface area contributed by atoms with E-state index in [2.05, 4.69) is 10.1 Å². The zero-order valence-electron chi connectivity index (χ0n) is 12.7. The Morgan fingerprint density at radius 1 is 1.25 bits per heavy atom. The van der Waals surface area contributed by atoms with Gasteiger partial charge in [-0.25, -0.2) is 22.7 Å². The molecule has 0 saturated heterocycles. The third-order valence-corrected chi connectivity index (χ3v) is 4.53. The van der Waals surface area contributed by atoms with Crippen LogP contribution in [0.15, 0.2) is 41.6 Å². The summed E-state index contributed by atoms with van der Waals surface area (Å²) in [5, 5.41) is 2.53. The average Bonchev–Trinajstić information content (AvgIpc) is 2.93. The number of esters is 1. The molecule has 8 nitrogen and oxygen atoms in total. The van der Waals surface area contributed by atoms with Gasteiger partial charge < -0.3 is 14.6 Å². The van der Waals surface area contributed by atoms with E-state index >= 15 is 0 Å². The first-order valence-corrected chi connectivity index (χ1v) is 8.42. The standard InChI is InChI=1S/C14H14ClN3O5S/c1-18-6-5-10(8-18)24(21,22)17-14(20)16-12-7-9(15)3-4-11(12)13(19)23-2/h3-8H,1-2H3,(H2,16,17,20). The first-order valence-electron chi connectivity index (χ1n) is 6.56. The Hall–Kier alpha value is -2.52. The van der Waals surface area contributed by atoms with E-state index in [9.17, 15) is 18.0 Å². The topological polar surface area (TPSA) is 106 Å². The Kier molecular flexibility index (Phi) is 5.15. The van der Waals surface area contributed by atoms with E-state index in [1.54, 1.807) is 7.05 Å². The minimum absolute atomic E-state index is 0.0233. The van der Waals surface area contributed by atoms with Gasteiger partial charge >= 0.3 is 12.0 Å². The SMILES string of the molecule is COC(=O)c1ccc(Cl)cc1NC(=O)NS(=O)(=O)c1ccn(C)c1. The van der Waals surface area contributed by atoms with Crippen LogP contribution < -0.4 is 10.0 Å². The second kappa shape index (κ2) is 6.93. The number of hydrogen-bond donors (Lipinski definition) is 2. The highest BCUT2D eigenvalue weighted by molar-refractivity contribution is 7.90. The van der Waals surface area contributed by atoms with Gasteiger partial charge in [-0.15, -0.1) is 0 Å². The highest BCUT2D eigenvalue weighted by atomic mass is 35.5. The number of aryl methyl sites for hydroxylation is 1. The van der Waals surface area contributed by atoms with E-state index in [4.69, 9.17) is 11.6 Å². The number of urea groups is 1. The Bertz CT molecular complexity index is 892. The summed E-state index contributed by atoms with van der Waals surface area (Å²) >= 11 is 5.84. The molecule has 0 bridgehead atoms. The highest BCUT2D eigenvalue weighted by Gasteiger charge is 2.20. The normalized spacial score (nSPS) is 11.0. The molecule has 0 aliphatic carbocycles. The Morgan fingerprint density at radius 2 is 1.96 bits per heavy atom. The number of nitrogens with one attached hydrogen (secondary N) is 2. The highest BCUT2D eigenvalue weighted by Crippen LogP contribution is 2.22. The molecule has 1 aromatic carbocycles. The molecular formula is C14H14ClN3O5S. The van der Waals surface area contributed by atoms with Crippen molar-refractivity contribution in [3.8, 4) is 0 Å². The van der Waals surface area contributed by atoms with Crippen molar-refractivity contribution in [1.82, 2.24) is 9.29 Å². The number of methoxy groups -OCH3 is 1. The smallest absolute Gasteiger partial charge is 0.339 e. The number of aromatic nitrogens is 1. The maximum atomic E-state index is 12.1. The number of anilines is 1. The molecule has 2 rings (SSSR count). The Morgan fingerprint density at radius 3 is 2.54 bits per heavy atom. The fourth-order valence-electron chi connectivity index (χ4n) is 1.87. The van der Waals surface area contributed by atoms with E-state index in [1.807, 2.05) is 4.72 Å². The number of amides is 2. The van der Waals surface area contributed by atoms with Crippen molar-refractivity contribution in [3.63, 3.8) is 0 Å². The van der Waals surface area contributed by atoms with Gasteiger partial charge in [-0.3, -0.25) is 0 Å². The van der Waals surface area contributed by atoms with E-state index in [-0.39, 0.29) is 21.2 Å². The van der Waals surface area contributed by atoms with Crippen LogP contribution in [-0.2, 0) is 21.8 Å². The minimum atomic E-state index is -4.04. The number of carbonyl (C=O) groups excluding carboxylic acids is 2. The molecule has 0 unspecified atom stereocenters. The molecule has 128 valence electrons. The lowest BCUT2D eigenvalue weighted by Crippen LogP contribution is -2.34. The molecule has 1 aromatic heterocycles. The Labute approximate surface area is 143 Å². The number of halogens is 1. The predicted molar refractivity (Wildman–Crippen MR) is 87.5 cm³/mol. The monoisotopic (exact) mass is 371 g/mol. The second-order valence-corrected chi connectivity index (χ2v) is 6.87. The maximum Gasteiger partial charge on any atom is 0.339 e. The minimum Gasteiger partial charge on any atom is -0.465 e. The van der Waals surface area contributed by atoms with E-state index in [1.165, 1.54) is 48.3 Å². The molecule has 24 heavy (non-hydrogen) atoms. The summed E-state index contributed by atoms with van der Waals surface area (Å²) in [6.07, 6.45) is 2.87. The van der Waals surface area contributed by atoms with Gasteiger partial charge in [-0.1, -0.05) is 11.6 Å². The Balaban J connectivity index is 2.21. The third kappa shape index (κ3) is 4.06. The lowest BCUT2D eigenvalue weighted by atomic mass is 10.2. The van der Waals surface area contributed by atoms with Gasteiger partial charge in [0.1, 0.15) is 4.90 Å². The first kappa shape index (κ1) is 17.8. The van der Waals surface area contributed by atoms with Crippen molar-refractivity contribution < 1.29 is 22.7 Å². The predicted octanol–water partition coefficient (Wildman–Crippen LogP) is 1.98. The van der Waals surface area contributed by atoms with Crippen molar-refractivity contribution >= 4 is 39.3 Å². The molecule has 0 fully saturated rings. The summed E-state index contributed by atoms with van der Waals surface area (Å²) < 4.78 is 32.1. The van der Waals surface area contributed by atoms with Crippen LogP contribution in [-0.4, -0.2) is 32.1 Å². The van der Waals surface area contributed by atoms with Crippen LogP contribution in [0.2, 0.25) is 5.02 Å². The van der Waals surface area contributed by atoms with Crippen LogP contribution in [0.4, 0.5) is 10.5 Å². The molecular weight excluding hydrogens is 358 g/mol. The van der Waals surface area contributed by atoms with E-state index < -0.39 is 22.0 Å². The fraction of sp³-hybridized carbons (Fsp3) is 0.143. The van der Waals surface area contributed by atoms with Gasteiger partial charge in [-0.05, 0) is 24.3 Å². The van der Waals surface area contributed by atoms with Crippen LogP contribution in [0.1, 0.15) is 10.4 Å². The first-order chi connectivity index (χ1) is 11.2. The molecule has 2 aromatic rings. The molecule has 0 radical (unpaired) electrons. The summed E-state index contributed by atoms with van der Waals surface area (Å²) in [6, 6.07) is 4.41. The molecule has 1 heterocycles. The second-order valence-electron chi connectivity index (χ2n) is 4.75. The number of hydrogen-bond acceptors (Lipinski definition) is 5. The number of sulfonamides is 1. The number of nitrogens with zero attached hydrogens (tertiary/aromatic N) is 1. The van der Waals surface area contributed by atoms with E-state index in [0.29, 0.717) is 0 Å². The molecule has 0 saturated carbocycles. The van der Waals surface area contributed by atoms with Gasteiger partial charge in [0.05, 0.1) is 18.4 Å². The summed E-state index contributed by atoms with van der Waals surface area (Å²) in [7, 11) is -1.21. The van der Waals surface area contributed by atoms with Crippen LogP contribution >= 0.6 is 11.6 Å². The van der Waals surface area contributed by atoms with Gasteiger partial charge in [0.15, 0.2) is 0 Å². The van der Waals surface area contributed by atoms with E-state index in [0.717, 1.165) is 0 Å². The summed E-state index contributed by atoms with van der Waals surface area (Å²) in [5.74, 6) is -0.701. The molecule has 0 atom stereocenters. The number of rotatable bonds is 4. The van der Waals surface area contributed by atoms with Gasteiger partial charge in [0, 0.05) is 24.5 Å². The zero-order valence-corrected chi connectivity index (χ0v) is 14.3. The zero-order chi connectivity index (χ0) is 17.9. The molecule has 0 aliphatic heterocycles. The van der Waals surface area contributed by atoms with Crippen molar-refractivity contribution in [2.75, 3.05) is 12.4 Å². The van der Waals surface area contributed by atoms with Crippen LogP contribution in [0.5, 0.6) is 0 Å². The summed E-state index contributed by atoms with van der Waals surface area (Å²) in [4.78, 5) is 23.6. The summed E-state index contributed by atoms with van der Waals surface area (Å²) in [5.41, 5.74) is 0.0595. The lowest BCUT2D eigenvalue weighted by Gasteiger charge is -2.11. The number of ether oxygens (including phenoxy) is 1.